The Morgan fingerprint density at radius 1 is 1.27 bits per heavy atom. The lowest BCUT2D eigenvalue weighted by Gasteiger charge is -2.05. The van der Waals surface area contributed by atoms with Gasteiger partial charge in [0, 0.05) is 4.47 Å². The van der Waals surface area contributed by atoms with E-state index in [0.717, 1.165) is 4.47 Å². The molecule has 4 nitrogen and oxygen atoms in total. The van der Waals surface area contributed by atoms with Crippen molar-refractivity contribution in [2.24, 2.45) is 5.14 Å². The SMILES string of the molecule is NS(=O)(=O)CCCOc1ccc(Br)cc1. The van der Waals surface area contributed by atoms with E-state index in [4.69, 9.17) is 9.88 Å². The number of rotatable bonds is 5. The fourth-order valence-electron chi connectivity index (χ4n) is 0.981. The van der Waals surface area contributed by atoms with Crippen molar-refractivity contribution in [3.63, 3.8) is 0 Å². The quantitative estimate of drug-likeness (QED) is 0.837. The highest BCUT2D eigenvalue weighted by molar-refractivity contribution is 9.10. The molecule has 0 saturated carbocycles. The zero-order valence-electron chi connectivity index (χ0n) is 8.02. The number of nitrogens with two attached hydrogens (primary N) is 1. The van der Waals surface area contributed by atoms with Crippen molar-refractivity contribution >= 4 is 26.0 Å². The Kier molecular flexibility index (Phi) is 4.56. The highest BCUT2D eigenvalue weighted by Gasteiger charge is 2.02. The fourth-order valence-corrected chi connectivity index (χ4v) is 1.77. The van der Waals surface area contributed by atoms with Gasteiger partial charge in [-0.05, 0) is 30.7 Å². The Balaban J connectivity index is 2.29. The molecule has 1 aromatic rings. The lowest BCUT2D eigenvalue weighted by atomic mass is 10.3. The molecule has 0 fully saturated rings. The van der Waals surface area contributed by atoms with Crippen LogP contribution in [0.15, 0.2) is 28.7 Å². The lowest BCUT2D eigenvalue weighted by Crippen LogP contribution is -2.18. The van der Waals surface area contributed by atoms with Gasteiger partial charge in [-0.15, -0.1) is 0 Å². The molecule has 1 rings (SSSR count). The Labute approximate surface area is 97.6 Å². The number of halogens is 1. The first-order valence-corrected chi connectivity index (χ1v) is 6.87. The molecule has 0 saturated heterocycles. The standard InChI is InChI=1S/C9H12BrNO3S/c10-8-2-4-9(5-3-8)14-6-1-7-15(11,12)13/h2-5H,1,6-7H2,(H2,11,12,13). The maximum atomic E-state index is 10.6. The van der Waals surface area contributed by atoms with E-state index in [1.165, 1.54) is 0 Å². The molecule has 0 radical (unpaired) electrons. The second kappa shape index (κ2) is 5.48. The summed E-state index contributed by atoms with van der Waals surface area (Å²) in [4.78, 5) is 0. The van der Waals surface area contributed by atoms with Crippen molar-refractivity contribution in [3.05, 3.63) is 28.7 Å². The van der Waals surface area contributed by atoms with Crippen LogP contribution < -0.4 is 9.88 Å². The van der Waals surface area contributed by atoms with Crippen LogP contribution in [0.25, 0.3) is 0 Å². The zero-order chi connectivity index (χ0) is 11.3. The average Bonchev–Trinajstić information content (AvgIpc) is 2.14. The molecule has 0 aliphatic rings. The van der Waals surface area contributed by atoms with E-state index in [-0.39, 0.29) is 5.75 Å². The van der Waals surface area contributed by atoms with Gasteiger partial charge in [0.15, 0.2) is 0 Å². The fraction of sp³-hybridized carbons (Fsp3) is 0.333. The summed E-state index contributed by atoms with van der Waals surface area (Å²) in [6.07, 6.45) is 0.398. The summed E-state index contributed by atoms with van der Waals surface area (Å²) in [6, 6.07) is 7.33. The third-order valence-corrected chi connectivity index (χ3v) is 3.04. The molecular formula is C9H12BrNO3S. The normalized spacial score (nSPS) is 11.3. The summed E-state index contributed by atoms with van der Waals surface area (Å²) < 4.78 is 27.5. The van der Waals surface area contributed by atoms with Crippen molar-refractivity contribution in [1.82, 2.24) is 0 Å². The van der Waals surface area contributed by atoms with Crippen LogP contribution in [0.5, 0.6) is 5.75 Å². The van der Waals surface area contributed by atoms with Gasteiger partial charge in [-0.25, -0.2) is 13.6 Å². The van der Waals surface area contributed by atoms with E-state index in [9.17, 15) is 8.42 Å². The van der Waals surface area contributed by atoms with Crippen molar-refractivity contribution in [3.8, 4) is 5.75 Å². The first kappa shape index (κ1) is 12.5. The molecular weight excluding hydrogens is 282 g/mol. The Hall–Kier alpha value is -0.590. The topological polar surface area (TPSA) is 69.4 Å². The van der Waals surface area contributed by atoms with E-state index in [2.05, 4.69) is 15.9 Å². The van der Waals surface area contributed by atoms with Crippen LogP contribution >= 0.6 is 15.9 Å². The Morgan fingerprint density at radius 3 is 2.40 bits per heavy atom. The van der Waals surface area contributed by atoms with Crippen LogP contribution in [0.1, 0.15) is 6.42 Å². The van der Waals surface area contributed by atoms with Gasteiger partial charge in [-0.3, -0.25) is 0 Å². The van der Waals surface area contributed by atoms with Crippen molar-refractivity contribution < 1.29 is 13.2 Å². The average molecular weight is 294 g/mol. The Morgan fingerprint density at radius 2 is 1.87 bits per heavy atom. The van der Waals surface area contributed by atoms with E-state index < -0.39 is 10.0 Å². The van der Waals surface area contributed by atoms with E-state index in [0.29, 0.717) is 18.8 Å². The molecule has 0 aromatic heterocycles. The van der Waals surface area contributed by atoms with Gasteiger partial charge in [0.25, 0.3) is 0 Å². The number of sulfonamides is 1. The summed E-state index contributed by atoms with van der Waals surface area (Å²) in [5.41, 5.74) is 0. The van der Waals surface area contributed by atoms with Crippen LogP contribution in [0.3, 0.4) is 0 Å². The number of benzene rings is 1. The minimum atomic E-state index is -3.37. The van der Waals surface area contributed by atoms with Crippen LogP contribution in [-0.4, -0.2) is 20.8 Å². The smallest absolute Gasteiger partial charge is 0.209 e. The zero-order valence-corrected chi connectivity index (χ0v) is 10.4. The van der Waals surface area contributed by atoms with E-state index >= 15 is 0 Å². The van der Waals surface area contributed by atoms with Crippen LogP contribution in [0, 0.1) is 0 Å². The molecule has 1 aromatic carbocycles. The molecule has 84 valence electrons. The van der Waals surface area contributed by atoms with Crippen molar-refractivity contribution in [1.29, 1.82) is 0 Å². The first-order chi connectivity index (χ1) is 6.97. The predicted octanol–water partition coefficient (Wildman–Crippen LogP) is 1.51. The molecule has 15 heavy (non-hydrogen) atoms. The van der Waals surface area contributed by atoms with Gasteiger partial charge in [0.2, 0.25) is 10.0 Å². The molecule has 0 amide bonds. The van der Waals surface area contributed by atoms with Crippen molar-refractivity contribution in [2.75, 3.05) is 12.4 Å². The molecule has 0 bridgehead atoms. The molecule has 6 heteroatoms. The summed E-state index contributed by atoms with van der Waals surface area (Å²) in [5.74, 6) is 0.663. The summed E-state index contributed by atoms with van der Waals surface area (Å²) >= 11 is 3.30. The van der Waals surface area contributed by atoms with Crippen molar-refractivity contribution in [2.45, 2.75) is 6.42 Å². The second-order valence-electron chi connectivity index (χ2n) is 3.02. The van der Waals surface area contributed by atoms with Gasteiger partial charge >= 0.3 is 0 Å². The molecule has 0 atom stereocenters. The lowest BCUT2D eigenvalue weighted by molar-refractivity contribution is 0.317. The monoisotopic (exact) mass is 293 g/mol. The number of ether oxygens (including phenoxy) is 1. The van der Waals surface area contributed by atoms with E-state index in [1.54, 1.807) is 12.1 Å². The number of hydrogen-bond donors (Lipinski definition) is 1. The maximum absolute atomic E-state index is 10.6. The summed E-state index contributed by atoms with van der Waals surface area (Å²) in [7, 11) is -3.37. The summed E-state index contributed by atoms with van der Waals surface area (Å²) in [6.45, 7) is 0.345. The number of hydrogen-bond acceptors (Lipinski definition) is 3. The molecule has 0 spiro atoms. The maximum Gasteiger partial charge on any atom is 0.209 e. The second-order valence-corrected chi connectivity index (χ2v) is 5.67. The van der Waals surface area contributed by atoms with Crippen LogP contribution in [-0.2, 0) is 10.0 Å². The van der Waals surface area contributed by atoms with Crippen LogP contribution in [0.2, 0.25) is 0 Å². The van der Waals surface area contributed by atoms with Gasteiger partial charge in [-0.2, -0.15) is 0 Å². The number of primary sulfonamides is 1. The van der Waals surface area contributed by atoms with Gasteiger partial charge in [0.1, 0.15) is 5.75 Å². The molecule has 2 N–H and O–H groups in total. The highest BCUT2D eigenvalue weighted by Crippen LogP contribution is 2.16. The van der Waals surface area contributed by atoms with Crippen LogP contribution in [0.4, 0.5) is 0 Å². The van der Waals surface area contributed by atoms with E-state index in [1.807, 2.05) is 12.1 Å². The minimum absolute atomic E-state index is 0.0521. The van der Waals surface area contributed by atoms with Gasteiger partial charge in [0.05, 0.1) is 12.4 Å². The molecule has 0 aliphatic heterocycles. The highest BCUT2D eigenvalue weighted by atomic mass is 79.9. The third kappa shape index (κ3) is 5.76. The minimum Gasteiger partial charge on any atom is -0.494 e. The van der Waals surface area contributed by atoms with Gasteiger partial charge < -0.3 is 4.74 Å². The predicted molar refractivity (Wildman–Crippen MR) is 62.2 cm³/mol. The third-order valence-electron chi connectivity index (χ3n) is 1.66. The van der Waals surface area contributed by atoms with Gasteiger partial charge in [-0.1, -0.05) is 15.9 Å². The first-order valence-electron chi connectivity index (χ1n) is 4.36. The molecule has 0 aliphatic carbocycles. The molecule has 0 heterocycles. The summed E-state index contributed by atoms with van der Waals surface area (Å²) in [5, 5.41) is 4.85. The molecule has 0 unspecified atom stereocenters. The largest absolute Gasteiger partial charge is 0.494 e. The Bertz CT molecular complexity index is 402.